The summed E-state index contributed by atoms with van der Waals surface area (Å²) >= 11 is 0. The van der Waals surface area contributed by atoms with Crippen LogP contribution in [0.3, 0.4) is 0 Å². The highest BCUT2D eigenvalue weighted by Crippen LogP contribution is 2.22. The molecule has 7 heteroatoms. The molecule has 3 aromatic rings. The molecule has 32 heavy (non-hydrogen) atoms. The average Bonchev–Trinajstić information content (AvgIpc) is 2.81. The van der Waals surface area contributed by atoms with Crippen LogP contribution in [0.25, 0.3) is 0 Å². The van der Waals surface area contributed by atoms with Gasteiger partial charge in [0.25, 0.3) is 5.91 Å². The van der Waals surface area contributed by atoms with E-state index in [1.165, 1.54) is 17.8 Å². The summed E-state index contributed by atoms with van der Waals surface area (Å²) in [4.78, 5) is 21.4. The number of sulfone groups is 1. The van der Waals surface area contributed by atoms with E-state index in [0.717, 1.165) is 30.8 Å². The molecule has 0 atom stereocenters. The van der Waals surface area contributed by atoms with Gasteiger partial charge in [-0.2, -0.15) is 0 Å². The van der Waals surface area contributed by atoms with Crippen molar-refractivity contribution in [2.45, 2.75) is 30.3 Å². The number of carbonyl (C=O) groups excluding carboxylic acids is 1. The van der Waals surface area contributed by atoms with Crippen molar-refractivity contribution in [1.82, 2.24) is 14.8 Å². The molecule has 166 valence electrons. The van der Waals surface area contributed by atoms with E-state index in [4.69, 9.17) is 0 Å². The van der Waals surface area contributed by atoms with E-state index in [2.05, 4.69) is 22.0 Å². The molecular formula is C25H27N3O3S. The van der Waals surface area contributed by atoms with Gasteiger partial charge in [0.1, 0.15) is 0 Å². The number of aryl methyl sites for hydroxylation is 2. The summed E-state index contributed by atoms with van der Waals surface area (Å²) in [6.07, 6.45) is 1.37. The number of nitrogens with zero attached hydrogens (tertiary/aromatic N) is 3. The Labute approximate surface area is 189 Å². The lowest BCUT2D eigenvalue weighted by atomic mass is 10.1. The van der Waals surface area contributed by atoms with E-state index in [1.54, 1.807) is 29.2 Å². The Bertz CT molecular complexity index is 1200. The first-order chi connectivity index (χ1) is 15.3. The van der Waals surface area contributed by atoms with Gasteiger partial charge >= 0.3 is 0 Å². The van der Waals surface area contributed by atoms with Crippen LogP contribution in [0, 0.1) is 13.8 Å². The Hall–Kier alpha value is -3.03. The highest BCUT2D eigenvalue weighted by molar-refractivity contribution is 7.91. The third-order valence-electron chi connectivity index (χ3n) is 5.96. The van der Waals surface area contributed by atoms with Crippen molar-refractivity contribution in [1.29, 1.82) is 0 Å². The number of piperazine rings is 1. The van der Waals surface area contributed by atoms with E-state index in [9.17, 15) is 13.2 Å². The van der Waals surface area contributed by atoms with E-state index in [1.807, 2.05) is 32.0 Å². The molecule has 1 saturated heterocycles. The van der Waals surface area contributed by atoms with Crippen molar-refractivity contribution in [2.75, 3.05) is 26.2 Å². The molecule has 4 rings (SSSR count). The first-order valence-electron chi connectivity index (χ1n) is 10.7. The van der Waals surface area contributed by atoms with Crippen LogP contribution in [-0.2, 0) is 16.4 Å². The monoisotopic (exact) mass is 449 g/mol. The van der Waals surface area contributed by atoms with Gasteiger partial charge in [-0.1, -0.05) is 36.4 Å². The van der Waals surface area contributed by atoms with Crippen molar-refractivity contribution in [2.24, 2.45) is 0 Å². The summed E-state index contributed by atoms with van der Waals surface area (Å²) in [5.74, 6) is -0.119. The third kappa shape index (κ3) is 4.74. The molecule has 0 N–H and O–H groups in total. The molecule has 0 bridgehead atoms. The summed E-state index contributed by atoms with van der Waals surface area (Å²) in [6, 6.07) is 18.3. The molecule has 0 spiro atoms. The van der Waals surface area contributed by atoms with E-state index in [0.29, 0.717) is 18.7 Å². The lowest BCUT2D eigenvalue weighted by Crippen LogP contribution is -2.48. The number of hydrogen-bond acceptors (Lipinski definition) is 5. The zero-order valence-electron chi connectivity index (χ0n) is 18.4. The summed E-state index contributed by atoms with van der Waals surface area (Å²) in [6.45, 7) is 7.55. The molecule has 0 radical (unpaired) electrons. The number of rotatable bonds is 5. The zero-order valence-corrected chi connectivity index (χ0v) is 19.2. The Morgan fingerprint density at radius 1 is 0.906 bits per heavy atom. The molecule has 2 aromatic carbocycles. The predicted molar refractivity (Wildman–Crippen MR) is 123 cm³/mol. The fraction of sp³-hybridized carbons (Fsp3) is 0.280. The van der Waals surface area contributed by atoms with Gasteiger partial charge in [-0.25, -0.2) is 13.4 Å². The Balaban J connectivity index is 1.41. The van der Waals surface area contributed by atoms with Crippen LogP contribution >= 0.6 is 0 Å². The average molecular weight is 450 g/mol. The van der Waals surface area contributed by atoms with E-state index < -0.39 is 9.84 Å². The minimum atomic E-state index is -3.73. The molecule has 1 fully saturated rings. The van der Waals surface area contributed by atoms with Gasteiger partial charge in [-0.05, 0) is 54.8 Å². The first-order valence-corrected chi connectivity index (χ1v) is 12.2. The van der Waals surface area contributed by atoms with Gasteiger partial charge in [-0.15, -0.1) is 0 Å². The van der Waals surface area contributed by atoms with Crippen molar-refractivity contribution >= 4 is 15.7 Å². The van der Waals surface area contributed by atoms with Crippen LogP contribution in [0.5, 0.6) is 0 Å². The molecule has 2 heterocycles. The van der Waals surface area contributed by atoms with Crippen LogP contribution in [0.15, 0.2) is 76.8 Å². The normalized spacial score (nSPS) is 15.0. The van der Waals surface area contributed by atoms with E-state index >= 15 is 0 Å². The van der Waals surface area contributed by atoms with Crippen LogP contribution in [-0.4, -0.2) is 55.3 Å². The smallest absolute Gasteiger partial charge is 0.255 e. The number of aromatic nitrogens is 1. The standard InChI is InChI=1S/C25H27N3O3S/c1-19-8-10-23(16-20(19)2)32(30,31)24-11-9-22(17-26-24)25(29)28-14-12-27(13-15-28)18-21-6-4-3-5-7-21/h3-11,16-17H,12-15,18H2,1-2H3. The second-order valence-electron chi connectivity index (χ2n) is 8.19. The van der Waals surface area contributed by atoms with Gasteiger partial charge in [0.05, 0.1) is 10.5 Å². The second kappa shape index (κ2) is 9.22. The number of carbonyl (C=O) groups is 1. The highest BCUT2D eigenvalue weighted by atomic mass is 32.2. The maximum Gasteiger partial charge on any atom is 0.255 e. The highest BCUT2D eigenvalue weighted by Gasteiger charge is 2.24. The van der Waals surface area contributed by atoms with Crippen molar-refractivity contribution in [3.8, 4) is 0 Å². The lowest BCUT2D eigenvalue weighted by Gasteiger charge is -2.34. The Morgan fingerprint density at radius 3 is 2.25 bits per heavy atom. The van der Waals surface area contributed by atoms with Gasteiger partial charge < -0.3 is 4.90 Å². The van der Waals surface area contributed by atoms with Crippen LogP contribution < -0.4 is 0 Å². The predicted octanol–water partition coefficient (Wildman–Crippen LogP) is 3.49. The SMILES string of the molecule is Cc1ccc(S(=O)(=O)c2ccc(C(=O)N3CCN(Cc4ccccc4)CC3)cn2)cc1C. The third-order valence-corrected chi connectivity index (χ3v) is 7.62. The fourth-order valence-corrected chi connectivity index (χ4v) is 5.06. The first kappa shape index (κ1) is 22.2. The number of amides is 1. The number of benzene rings is 2. The molecule has 1 aromatic heterocycles. The summed E-state index contributed by atoms with van der Waals surface area (Å²) < 4.78 is 25.8. The summed E-state index contributed by atoms with van der Waals surface area (Å²) in [5, 5.41) is -0.0509. The van der Waals surface area contributed by atoms with Gasteiger partial charge in [0.15, 0.2) is 5.03 Å². The number of pyridine rings is 1. The molecule has 0 aliphatic carbocycles. The van der Waals surface area contributed by atoms with Crippen LogP contribution in [0.1, 0.15) is 27.0 Å². The molecule has 0 unspecified atom stereocenters. The maximum atomic E-state index is 12.9. The minimum absolute atomic E-state index is 0.0509. The lowest BCUT2D eigenvalue weighted by molar-refractivity contribution is 0.0628. The van der Waals surface area contributed by atoms with Crippen LogP contribution in [0.2, 0.25) is 0 Å². The molecule has 1 aliphatic rings. The molecular weight excluding hydrogens is 422 g/mol. The molecule has 1 aliphatic heterocycles. The topological polar surface area (TPSA) is 70.6 Å². The van der Waals surface area contributed by atoms with Gasteiger partial charge in [0.2, 0.25) is 9.84 Å². The Morgan fingerprint density at radius 2 is 1.62 bits per heavy atom. The molecule has 0 saturated carbocycles. The van der Waals surface area contributed by atoms with Crippen molar-refractivity contribution in [3.05, 3.63) is 89.1 Å². The van der Waals surface area contributed by atoms with Crippen LogP contribution in [0.4, 0.5) is 0 Å². The van der Waals surface area contributed by atoms with Gasteiger partial charge in [0, 0.05) is 38.9 Å². The molecule has 6 nitrogen and oxygen atoms in total. The Kier molecular flexibility index (Phi) is 6.39. The van der Waals surface area contributed by atoms with Crippen molar-refractivity contribution in [3.63, 3.8) is 0 Å². The van der Waals surface area contributed by atoms with Crippen molar-refractivity contribution < 1.29 is 13.2 Å². The molecule has 1 amide bonds. The summed E-state index contributed by atoms with van der Waals surface area (Å²) in [5.41, 5.74) is 3.60. The zero-order chi connectivity index (χ0) is 22.7. The quantitative estimate of drug-likeness (QED) is 0.596. The largest absolute Gasteiger partial charge is 0.336 e. The van der Waals surface area contributed by atoms with E-state index in [-0.39, 0.29) is 15.8 Å². The van der Waals surface area contributed by atoms with Gasteiger partial charge in [-0.3, -0.25) is 9.69 Å². The summed E-state index contributed by atoms with van der Waals surface area (Å²) in [7, 11) is -3.73. The second-order valence-corrected chi connectivity index (χ2v) is 10.1. The number of hydrogen-bond donors (Lipinski definition) is 0. The maximum absolute atomic E-state index is 12.9. The fourth-order valence-electron chi connectivity index (χ4n) is 3.80. The minimum Gasteiger partial charge on any atom is -0.336 e.